The maximum atomic E-state index is 12.8. The molecule has 2 heterocycles. The number of anilines is 4. The standard InChI is InChI=1S/C22H27N5O5.C18H21N5O6S.C6H15N.C5H10O.C4H6/c1-4-7-8-13-32-21-24-19(23)18(27(29)30)20(25-21)26(22(28)31-6-3)15-17-12-9-11-16(14-17)10-5-2;1-4-7-12-8-6-9-13(10-12)11-22(18(24)29-5-2)16-14(23(25)26)15(19)20-17(21-16)30(3,27)28;1-4-7(5-2)6-3;1-2-3-4-5-6;1-3-4-2/h4-5,9,11-12,14H,1-2,6-8,10,13,15H2,3H3,(H2,23,24,25);4,6,8-10H,1,5,7,11H2,2-3H3,(H2,19,20,21);4-6H2,1-3H3;2,6H,1,3-5H2;1-2H3. The first-order valence-electron chi connectivity index (χ1n) is 25.3. The number of carbonyl (C=O) groups excluding carboxylic acids is 2. The van der Waals surface area contributed by atoms with Crippen molar-refractivity contribution >= 4 is 56.7 Å². The Hall–Kier alpha value is -8.27. The fourth-order valence-electron chi connectivity index (χ4n) is 6.40. The number of hydrogen-bond donors (Lipinski definition) is 3. The number of benzene rings is 2. The normalized spacial score (nSPS) is 10.1. The van der Waals surface area contributed by atoms with Gasteiger partial charge in [-0.1, -0.05) is 93.6 Å². The van der Waals surface area contributed by atoms with E-state index in [1.807, 2.05) is 38.1 Å². The molecule has 0 aliphatic carbocycles. The van der Waals surface area contributed by atoms with E-state index in [1.54, 1.807) is 62.4 Å². The van der Waals surface area contributed by atoms with Gasteiger partial charge in [-0.05, 0) is 108 Å². The van der Waals surface area contributed by atoms with Crippen LogP contribution in [-0.2, 0) is 45.2 Å². The number of allylic oxidation sites excluding steroid dienone is 4. The van der Waals surface area contributed by atoms with Crippen LogP contribution in [-0.4, -0.2) is 113 Å². The van der Waals surface area contributed by atoms with Gasteiger partial charge < -0.3 is 35.7 Å². The SMILES string of the molecule is C=CCCCO.C=CCCCOc1nc(N)c([N+](=O)[O-])c(N(Cc2cccc(CC=C)c2)C(=O)OCC)n1.C=CCc1cccc(CN(C(=O)OCC)c2nc(S(C)(=O)=O)nc(N)c2[N+](=O)[O-])c1.CC#CC.CCN(CC)CC. The van der Waals surface area contributed by atoms with Crippen molar-refractivity contribution < 1.29 is 47.2 Å². The van der Waals surface area contributed by atoms with Crippen molar-refractivity contribution in [1.82, 2.24) is 24.8 Å². The summed E-state index contributed by atoms with van der Waals surface area (Å²) in [5, 5.41) is 30.7. The third-order valence-corrected chi connectivity index (χ3v) is 11.1. The van der Waals surface area contributed by atoms with Crippen LogP contribution in [0.1, 0.15) is 96.4 Å². The molecule has 2 amide bonds. The van der Waals surface area contributed by atoms with Crippen LogP contribution in [0.15, 0.2) is 104 Å². The highest BCUT2D eigenvalue weighted by atomic mass is 32.2. The number of nitro groups is 2. The fourth-order valence-corrected chi connectivity index (χ4v) is 6.91. The van der Waals surface area contributed by atoms with E-state index in [9.17, 15) is 38.2 Å². The topological polar surface area (TPSA) is 316 Å². The lowest BCUT2D eigenvalue weighted by molar-refractivity contribution is -0.383. The van der Waals surface area contributed by atoms with Gasteiger partial charge >= 0.3 is 29.6 Å². The molecule has 0 unspecified atom stereocenters. The molecule has 23 nitrogen and oxygen atoms in total. The van der Waals surface area contributed by atoms with E-state index < -0.39 is 65.9 Å². The van der Waals surface area contributed by atoms with Crippen molar-refractivity contribution in [1.29, 1.82) is 0 Å². The van der Waals surface area contributed by atoms with Crippen molar-refractivity contribution in [3.8, 4) is 17.9 Å². The number of rotatable bonds is 26. The molecule has 432 valence electrons. The number of hydrogen-bond acceptors (Lipinski definition) is 19. The Labute approximate surface area is 465 Å². The number of aliphatic hydroxyl groups excluding tert-OH is 1. The van der Waals surface area contributed by atoms with Crippen LogP contribution in [0.5, 0.6) is 6.01 Å². The summed E-state index contributed by atoms with van der Waals surface area (Å²) >= 11 is 0. The molecular weight excluding hydrogens is 1040 g/mol. The van der Waals surface area contributed by atoms with Gasteiger partial charge in [0.2, 0.25) is 33.1 Å². The summed E-state index contributed by atoms with van der Waals surface area (Å²) in [6.07, 6.45) is 10.4. The summed E-state index contributed by atoms with van der Waals surface area (Å²) in [5.41, 5.74) is 13.3. The van der Waals surface area contributed by atoms with Gasteiger partial charge in [-0.25, -0.2) is 18.0 Å². The van der Waals surface area contributed by atoms with Crippen LogP contribution in [0.4, 0.5) is 44.2 Å². The Kier molecular flexibility index (Phi) is 35.8. The second kappa shape index (κ2) is 40.0. The number of aromatic nitrogens is 4. The molecule has 0 saturated heterocycles. The van der Waals surface area contributed by atoms with Crippen molar-refractivity contribution in [3.63, 3.8) is 0 Å². The molecule has 0 saturated carbocycles. The average Bonchev–Trinajstić information content (AvgIpc) is 3.42. The van der Waals surface area contributed by atoms with Crippen LogP contribution in [0.3, 0.4) is 0 Å². The van der Waals surface area contributed by atoms with Crippen LogP contribution in [0, 0.1) is 32.1 Å². The number of carbonyl (C=O) groups is 2. The van der Waals surface area contributed by atoms with Gasteiger partial charge in [0, 0.05) is 12.9 Å². The third-order valence-electron chi connectivity index (χ3n) is 10.3. The number of nitrogen functional groups attached to an aromatic ring is 2. The van der Waals surface area contributed by atoms with E-state index >= 15 is 0 Å². The molecule has 0 bridgehead atoms. The average molecular weight is 1120 g/mol. The zero-order chi connectivity index (χ0) is 59.9. The molecule has 2 aromatic heterocycles. The highest BCUT2D eigenvalue weighted by Crippen LogP contribution is 2.35. The van der Waals surface area contributed by atoms with Crippen molar-refractivity contribution in [3.05, 3.63) is 142 Å². The number of unbranched alkanes of at least 4 members (excludes halogenated alkanes) is 2. The molecule has 4 aromatic rings. The lowest BCUT2D eigenvalue weighted by Crippen LogP contribution is -2.33. The van der Waals surface area contributed by atoms with E-state index in [1.165, 1.54) is 19.6 Å². The first kappa shape index (κ1) is 70.7. The van der Waals surface area contributed by atoms with Crippen LogP contribution in [0.25, 0.3) is 0 Å². The second-order valence-electron chi connectivity index (χ2n) is 16.2. The second-order valence-corrected chi connectivity index (χ2v) is 18.1. The first-order chi connectivity index (χ1) is 37.7. The van der Waals surface area contributed by atoms with Gasteiger partial charge in [-0.2, -0.15) is 19.9 Å². The lowest BCUT2D eigenvalue weighted by Gasteiger charge is -2.22. The minimum Gasteiger partial charge on any atom is -0.463 e. The van der Waals surface area contributed by atoms with Gasteiger partial charge in [0.1, 0.15) is 0 Å². The van der Waals surface area contributed by atoms with E-state index in [-0.39, 0.29) is 51.3 Å². The predicted octanol–water partition coefficient (Wildman–Crippen LogP) is 9.79. The number of ether oxygens (including phenoxy) is 3. The molecule has 0 aliphatic heterocycles. The molecule has 0 atom stereocenters. The highest BCUT2D eigenvalue weighted by Gasteiger charge is 2.34. The first-order valence-corrected chi connectivity index (χ1v) is 27.2. The molecule has 0 aliphatic rings. The van der Waals surface area contributed by atoms with Gasteiger partial charge in [0.15, 0.2) is 0 Å². The maximum absolute atomic E-state index is 12.8. The summed E-state index contributed by atoms with van der Waals surface area (Å²) in [4.78, 5) is 66.7. The fraction of sp³-hybridized carbons (Fsp3) is 0.418. The van der Waals surface area contributed by atoms with Gasteiger partial charge in [0.25, 0.3) is 5.16 Å². The van der Waals surface area contributed by atoms with Crippen molar-refractivity contribution in [2.75, 3.05) is 73.6 Å². The lowest BCUT2D eigenvalue weighted by atomic mass is 10.1. The Bertz CT molecular complexity index is 2750. The van der Waals surface area contributed by atoms with Gasteiger partial charge in [-0.15, -0.1) is 38.2 Å². The van der Waals surface area contributed by atoms with Gasteiger partial charge in [0.05, 0.1) is 42.8 Å². The van der Waals surface area contributed by atoms with E-state index in [2.05, 4.69) is 83.8 Å². The van der Waals surface area contributed by atoms with E-state index in [4.69, 9.17) is 30.8 Å². The van der Waals surface area contributed by atoms with Crippen LogP contribution in [0.2, 0.25) is 0 Å². The highest BCUT2D eigenvalue weighted by molar-refractivity contribution is 7.90. The molecule has 2 aromatic carbocycles. The quantitative estimate of drug-likeness (QED) is 0.0131. The molecule has 0 radical (unpaired) electrons. The number of nitrogens with zero attached hydrogens (tertiary/aromatic N) is 9. The Balaban J connectivity index is 0.00000119. The molecule has 24 heteroatoms. The minimum atomic E-state index is -3.96. The summed E-state index contributed by atoms with van der Waals surface area (Å²) in [7, 11) is -3.96. The molecule has 4 rings (SSSR count). The number of sulfone groups is 1. The summed E-state index contributed by atoms with van der Waals surface area (Å²) in [6.45, 7) is 31.9. The maximum Gasteiger partial charge on any atom is 0.415 e. The monoisotopic (exact) mass is 1120 g/mol. The Morgan fingerprint density at radius 3 is 1.44 bits per heavy atom. The van der Waals surface area contributed by atoms with Crippen molar-refractivity contribution in [2.24, 2.45) is 0 Å². The van der Waals surface area contributed by atoms with E-state index in [0.717, 1.165) is 45.6 Å². The number of nitrogens with two attached hydrogens (primary N) is 2. The van der Waals surface area contributed by atoms with Crippen LogP contribution >= 0.6 is 0 Å². The van der Waals surface area contributed by atoms with Crippen LogP contribution < -0.4 is 26.0 Å². The zero-order valence-corrected chi connectivity index (χ0v) is 47.7. The molecule has 0 fully saturated rings. The van der Waals surface area contributed by atoms with E-state index in [0.29, 0.717) is 31.2 Å². The number of aliphatic hydroxyl groups is 1. The molecule has 5 N–H and O–H groups in total. The largest absolute Gasteiger partial charge is 0.463 e. The number of amides is 2. The minimum absolute atomic E-state index is 0.0147. The summed E-state index contributed by atoms with van der Waals surface area (Å²) < 4.78 is 39.5. The molecular formula is C55H79N11O12S. The predicted molar refractivity (Wildman–Crippen MR) is 310 cm³/mol. The zero-order valence-electron chi connectivity index (χ0n) is 46.9. The Morgan fingerprint density at radius 2 is 1.10 bits per heavy atom. The van der Waals surface area contributed by atoms with Gasteiger partial charge in [-0.3, -0.25) is 30.0 Å². The smallest absolute Gasteiger partial charge is 0.415 e. The summed E-state index contributed by atoms with van der Waals surface area (Å²) in [6, 6.07) is 14.3. The third kappa shape index (κ3) is 26.6. The molecule has 79 heavy (non-hydrogen) atoms. The van der Waals surface area contributed by atoms with Crippen molar-refractivity contribution in [2.45, 2.75) is 105 Å². The Morgan fingerprint density at radius 1 is 0.684 bits per heavy atom. The molecule has 0 spiro atoms. The summed E-state index contributed by atoms with van der Waals surface area (Å²) in [5.74, 6) is 3.41.